The van der Waals surface area contributed by atoms with Gasteiger partial charge in [0.15, 0.2) is 0 Å². The highest BCUT2D eigenvalue weighted by Gasteiger charge is 2.14. The Morgan fingerprint density at radius 1 is 1.35 bits per heavy atom. The van der Waals surface area contributed by atoms with Crippen LogP contribution in [0.1, 0.15) is 31.0 Å². The number of aromatic nitrogens is 3. The molecule has 2 rings (SSSR count). The Labute approximate surface area is 117 Å². The molecule has 0 aliphatic heterocycles. The smallest absolute Gasteiger partial charge is 0.320 e. The van der Waals surface area contributed by atoms with Crippen molar-refractivity contribution in [3.63, 3.8) is 0 Å². The van der Waals surface area contributed by atoms with Crippen molar-refractivity contribution < 1.29 is 9.90 Å². The van der Waals surface area contributed by atoms with Crippen LogP contribution in [-0.4, -0.2) is 32.1 Å². The van der Waals surface area contributed by atoms with E-state index in [0.29, 0.717) is 11.6 Å². The van der Waals surface area contributed by atoms with Crippen molar-refractivity contribution in [1.82, 2.24) is 15.0 Å². The average molecular weight is 274 g/mol. The number of carbonyl (C=O) groups is 1. The van der Waals surface area contributed by atoms with Gasteiger partial charge < -0.3 is 10.8 Å². The first-order valence-electron chi connectivity index (χ1n) is 6.47. The minimum atomic E-state index is -1.04. The van der Waals surface area contributed by atoms with Gasteiger partial charge in [0.2, 0.25) is 0 Å². The molecule has 1 aromatic heterocycles. The molecule has 0 amide bonds. The van der Waals surface area contributed by atoms with Crippen LogP contribution in [0.2, 0.25) is 0 Å². The van der Waals surface area contributed by atoms with E-state index in [1.165, 1.54) is 5.56 Å². The maximum Gasteiger partial charge on any atom is 0.320 e. The van der Waals surface area contributed by atoms with Gasteiger partial charge in [0.05, 0.1) is 17.6 Å². The minimum Gasteiger partial charge on any atom is -0.480 e. The first kappa shape index (κ1) is 14.2. The lowest BCUT2D eigenvalue weighted by molar-refractivity contribution is -0.138. The molecule has 6 nitrogen and oxygen atoms in total. The zero-order chi connectivity index (χ0) is 14.7. The van der Waals surface area contributed by atoms with E-state index in [-0.39, 0.29) is 6.42 Å². The van der Waals surface area contributed by atoms with Gasteiger partial charge in [-0.3, -0.25) is 4.79 Å². The predicted molar refractivity (Wildman–Crippen MR) is 74.8 cm³/mol. The molecule has 6 heteroatoms. The molecule has 0 radical (unpaired) electrons. The summed E-state index contributed by atoms with van der Waals surface area (Å²) >= 11 is 0. The van der Waals surface area contributed by atoms with E-state index < -0.39 is 12.0 Å². The summed E-state index contributed by atoms with van der Waals surface area (Å²) in [6.45, 7) is 4.27. The van der Waals surface area contributed by atoms with Gasteiger partial charge in [-0.05, 0) is 23.6 Å². The van der Waals surface area contributed by atoms with Crippen LogP contribution in [0.4, 0.5) is 0 Å². The number of aliphatic carboxylic acids is 1. The molecule has 1 heterocycles. The van der Waals surface area contributed by atoms with E-state index in [4.69, 9.17) is 10.8 Å². The van der Waals surface area contributed by atoms with Crippen molar-refractivity contribution in [1.29, 1.82) is 0 Å². The van der Waals surface area contributed by atoms with E-state index in [1.807, 2.05) is 24.3 Å². The van der Waals surface area contributed by atoms with Crippen LogP contribution >= 0.6 is 0 Å². The minimum absolute atomic E-state index is 0.166. The summed E-state index contributed by atoms with van der Waals surface area (Å²) in [5.41, 5.74) is 8.17. The maximum atomic E-state index is 10.7. The molecular formula is C14H18N4O2. The highest BCUT2D eigenvalue weighted by molar-refractivity contribution is 5.73. The number of nitrogens with two attached hydrogens (primary N) is 1. The molecule has 3 N–H and O–H groups in total. The van der Waals surface area contributed by atoms with E-state index >= 15 is 0 Å². The zero-order valence-electron chi connectivity index (χ0n) is 11.5. The molecule has 20 heavy (non-hydrogen) atoms. The summed E-state index contributed by atoms with van der Waals surface area (Å²) in [5.74, 6) is -0.565. The predicted octanol–water partition coefficient (Wildman–Crippen LogP) is 1.35. The lowest BCUT2D eigenvalue weighted by atomic mass is 10.0. The Balaban J connectivity index is 2.14. The fourth-order valence-corrected chi connectivity index (χ4v) is 1.84. The SMILES string of the molecule is CC(C)c1ccc(-n2cc(CC(N)C(=O)O)nn2)cc1. The summed E-state index contributed by atoms with van der Waals surface area (Å²) in [4.78, 5) is 10.7. The van der Waals surface area contributed by atoms with E-state index in [1.54, 1.807) is 10.9 Å². The standard InChI is InChI=1S/C14H18N4O2/c1-9(2)10-3-5-12(6-4-10)18-8-11(16-17-18)7-13(15)14(19)20/h3-6,8-9,13H,7,15H2,1-2H3,(H,19,20). The number of nitrogens with zero attached hydrogens (tertiary/aromatic N) is 3. The van der Waals surface area contributed by atoms with Crippen LogP contribution in [0.15, 0.2) is 30.5 Å². The van der Waals surface area contributed by atoms with E-state index in [0.717, 1.165) is 5.69 Å². The first-order valence-corrected chi connectivity index (χ1v) is 6.47. The van der Waals surface area contributed by atoms with Gasteiger partial charge in [-0.25, -0.2) is 4.68 Å². The molecule has 2 aromatic rings. The van der Waals surface area contributed by atoms with Gasteiger partial charge in [0.1, 0.15) is 6.04 Å². The van der Waals surface area contributed by atoms with Gasteiger partial charge in [-0.1, -0.05) is 31.2 Å². The van der Waals surface area contributed by atoms with Crippen molar-refractivity contribution in [2.45, 2.75) is 32.2 Å². The van der Waals surface area contributed by atoms with Crippen LogP contribution in [0.5, 0.6) is 0 Å². The fourth-order valence-electron chi connectivity index (χ4n) is 1.84. The van der Waals surface area contributed by atoms with Gasteiger partial charge >= 0.3 is 5.97 Å². The largest absolute Gasteiger partial charge is 0.480 e. The number of carboxylic acids is 1. The van der Waals surface area contributed by atoms with Crippen LogP contribution in [0, 0.1) is 0 Å². The number of hydrogen-bond acceptors (Lipinski definition) is 4. The molecule has 1 unspecified atom stereocenters. The Morgan fingerprint density at radius 2 is 2.00 bits per heavy atom. The molecule has 0 aliphatic rings. The molecule has 0 fully saturated rings. The van der Waals surface area contributed by atoms with E-state index in [2.05, 4.69) is 24.2 Å². The Bertz CT molecular complexity index is 589. The number of carboxylic acid groups (broad SMARTS) is 1. The van der Waals surface area contributed by atoms with Crippen molar-refractivity contribution >= 4 is 5.97 Å². The molecule has 106 valence electrons. The molecule has 0 saturated carbocycles. The third-order valence-electron chi connectivity index (χ3n) is 3.11. The molecular weight excluding hydrogens is 256 g/mol. The van der Waals surface area contributed by atoms with Crippen molar-refractivity contribution in [3.8, 4) is 5.69 Å². The zero-order valence-corrected chi connectivity index (χ0v) is 11.5. The second kappa shape index (κ2) is 5.83. The quantitative estimate of drug-likeness (QED) is 0.858. The van der Waals surface area contributed by atoms with Gasteiger partial charge in [-0.15, -0.1) is 5.10 Å². The second-order valence-corrected chi connectivity index (χ2v) is 5.05. The second-order valence-electron chi connectivity index (χ2n) is 5.05. The van der Waals surface area contributed by atoms with Gasteiger partial charge in [0.25, 0.3) is 0 Å². The lowest BCUT2D eigenvalue weighted by Gasteiger charge is -2.06. The summed E-state index contributed by atoms with van der Waals surface area (Å²) in [7, 11) is 0. The first-order chi connectivity index (χ1) is 9.47. The summed E-state index contributed by atoms with van der Waals surface area (Å²) in [6.07, 6.45) is 1.87. The van der Waals surface area contributed by atoms with E-state index in [9.17, 15) is 4.79 Å². The number of benzene rings is 1. The van der Waals surface area contributed by atoms with Crippen LogP contribution < -0.4 is 5.73 Å². The number of hydrogen-bond donors (Lipinski definition) is 2. The fraction of sp³-hybridized carbons (Fsp3) is 0.357. The topological polar surface area (TPSA) is 94.0 Å². The molecule has 0 aliphatic carbocycles. The Morgan fingerprint density at radius 3 is 2.55 bits per heavy atom. The number of rotatable bonds is 5. The lowest BCUT2D eigenvalue weighted by Crippen LogP contribution is -2.32. The highest BCUT2D eigenvalue weighted by Crippen LogP contribution is 2.16. The van der Waals surface area contributed by atoms with Gasteiger partial charge in [-0.2, -0.15) is 0 Å². The van der Waals surface area contributed by atoms with Crippen LogP contribution in [0.25, 0.3) is 5.69 Å². The third-order valence-corrected chi connectivity index (χ3v) is 3.11. The monoisotopic (exact) mass is 274 g/mol. The normalized spacial score (nSPS) is 12.6. The highest BCUT2D eigenvalue weighted by atomic mass is 16.4. The van der Waals surface area contributed by atoms with Crippen molar-refractivity contribution in [2.75, 3.05) is 0 Å². The molecule has 1 atom stereocenters. The maximum absolute atomic E-state index is 10.7. The average Bonchev–Trinajstić information content (AvgIpc) is 2.87. The van der Waals surface area contributed by atoms with Crippen molar-refractivity contribution in [3.05, 3.63) is 41.7 Å². The molecule has 0 saturated heterocycles. The summed E-state index contributed by atoms with van der Waals surface area (Å²) < 4.78 is 1.62. The Hall–Kier alpha value is -2.21. The molecule has 1 aromatic carbocycles. The molecule has 0 spiro atoms. The van der Waals surface area contributed by atoms with Crippen LogP contribution in [0.3, 0.4) is 0 Å². The molecule has 0 bridgehead atoms. The third kappa shape index (κ3) is 3.21. The summed E-state index contributed by atoms with van der Waals surface area (Å²) in [6, 6.07) is 7.06. The van der Waals surface area contributed by atoms with Crippen molar-refractivity contribution in [2.24, 2.45) is 5.73 Å². The Kier molecular flexibility index (Phi) is 4.14. The van der Waals surface area contributed by atoms with Crippen LogP contribution in [-0.2, 0) is 11.2 Å². The summed E-state index contributed by atoms with van der Waals surface area (Å²) in [5, 5.41) is 16.7. The van der Waals surface area contributed by atoms with Gasteiger partial charge in [0, 0.05) is 6.42 Å².